The summed E-state index contributed by atoms with van der Waals surface area (Å²) in [5.41, 5.74) is 3.31. The minimum absolute atomic E-state index is 0.0277. The predicted molar refractivity (Wildman–Crippen MR) is 148 cm³/mol. The highest BCUT2D eigenvalue weighted by molar-refractivity contribution is 7.89. The van der Waals surface area contributed by atoms with Gasteiger partial charge in [0.2, 0.25) is 10.0 Å². The van der Waals surface area contributed by atoms with Crippen molar-refractivity contribution in [2.24, 2.45) is 5.92 Å². The molecule has 1 amide bonds. The molecule has 0 unspecified atom stereocenters. The minimum atomic E-state index is -3.91. The average Bonchev–Trinajstić information content (AvgIpc) is 2.98. The Morgan fingerprint density at radius 2 is 1.74 bits per heavy atom. The van der Waals surface area contributed by atoms with E-state index in [1.54, 1.807) is 30.0 Å². The van der Waals surface area contributed by atoms with Crippen LogP contribution < -0.4 is 0 Å². The highest BCUT2D eigenvalue weighted by Gasteiger charge is 2.32. The van der Waals surface area contributed by atoms with E-state index in [1.165, 1.54) is 23.5 Å². The van der Waals surface area contributed by atoms with Gasteiger partial charge in [-0.3, -0.25) is 4.79 Å². The maximum Gasteiger partial charge on any atom is 0.254 e. The van der Waals surface area contributed by atoms with Crippen LogP contribution in [0.5, 0.6) is 0 Å². The Balaban J connectivity index is 1.73. The lowest BCUT2D eigenvalue weighted by atomic mass is 9.94. The molecular formula is C30H33N3O5S. The number of carbonyl (C=O) groups is 1. The van der Waals surface area contributed by atoms with Crippen molar-refractivity contribution in [3.8, 4) is 17.2 Å². The Kier molecular flexibility index (Phi) is 8.83. The summed E-state index contributed by atoms with van der Waals surface area (Å²) in [5, 5.41) is 19.2. The number of amides is 1. The Hall–Kier alpha value is -3.55. The molecule has 0 saturated carbocycles. The number of carbonyl (C=O) groups excluding carboxylic acids is 1. The quantitative estimate of drug-likeness (QED) is 0.501. The number of nitrogens with zero attached hydrogens (tertiary/aromatic N) is 3. The molecule has 0 aromatic heterocycles. The zero-order valence-electron chi connectivity index (χ0n) is 22.3. The molecule has 1 N–H and O–H groups in total. The van der Waals surface area contributed by atoms with Crippen LogP contribution in [-0.2, 0) is 21.4 Å². The zero-order chi connectivity index (χ0) is 28.2. The van der Waals surface area contributed by atoms with E-state index in [-0.39, 0.29) is 48.6 Å². The topological polar surface area (TPSA) is 111 Å². The molecule has 3 aromatic rings. The van der Waals surface area contributed by atoms with E-state index in [1.807, 2.05) is 55.5 Å². The average molecular weight is 548 g/mol. The van der Waals surface area contributed by atoms with E-state index in [9.17, 15) is 23.6 Å². The van der Waals surface area contributed by atoms with Crippen LogP contribution in [0.25, 0.3) is 11.1 Å². The van der Waals surface area contributed by atoms with Crippen LogP contribution in [0.2, 0.25) is 0 Å². The van der Waals surface area contributed by atoms with Crippen molar-refractivity contribution >= 4 is 15.9 Å². The number of hydrogen-bond donors (Lipinski definition) is 1. The lowest BCUT2D eigenvalue weighted by molar-refractivity contribution is -0.0146. The SMILES string of the molecule is C[C@H](CO)N1C[C@H](C)[C@H](CN(C)S(=O)(=O)c2cccc(C#N)c2)OCc2ccccc2-c2ccccc2C1=O. The van der Waals surface area contributed by atoms with E-state index in [2.05, 4.69) is 0 Å². The number of rotatable bonds is 6. The molecule has 204 valence electrons. The molecule has 4 rings (SSSR count). The van der Waals surface area contributed by atoms with Gasteiger partial charge in [0.1, 0.15) is 0 Å². The van der Waals surface area contributed by atoms with Gasteiger partial charge in [-0.2, -0.15) is 9.57 Å². The van der Waals surface area contributed by atoms with Gasteiger partial charge in [-0.15, -0.1) is 0 Å². The van der Waals surface area contributed by atoms with E-state index < -0.39 is 22.2 Å². The summed E-state index contributed by atoms with van der Waals surface area (Å²) < 4.78 is 34.4. The molecule has 3 aromatic carbocycles. The number of likely N-dealkylation sites (N-methyl/N-ethyl adjacent to an activating group) is 1. The van der Waals surface area contributed by atoms with Crippen LogP contribution in [0.4, 0.5) is 0 Å². The van der Waals surface area contributed by atoms with Gasteiger partial charge < -0.3 is 14.7 Å². The standard InChI is InChI=1S/C30H33N3O5S/c1-21-17-33(22(2)19-34)30(35)28-14-7-6-13-27(28)26-12-5-4-10-24(26)20-38-29(21)18-32(3)39(36,37)25-11-8-9-23(15-25)16-31/h4-15,21-22,29,34H,17-20H2,1-3H3/t21-,22+,29-/m0/s1. The Morgan fingerprint density at radius 3 is 2.44 bits per heavy atom. The van der Waals surface area contributed by atoms with Crippen LogP contribution in [0.1, 0.15) is 35.3 Å². The molecule has 0 spiro atoms. The second-order valence-corrected chi connectivity index (χ2v) is 12.0. The fourth-order valence-electron chi connectivity index (χ4n) is 4.81. The Bertz CT molecular complexity index is 1480. The highest BCUT2D eigenvalue weighted by Crippen LogP contribution is 2.31. The largest absolute Gasteiger partial charge is 0.394 e. The molecule has 9 heteroatoms. The van der Waals surface area contributed by atoms with Gasteiger partial charge in [0.25, 0.3) is 5.91 Å². The molecule has 0 fully saturated rings. The lowest BCUT2D eigenvalue weighted by Gasteiger charge is -2.35. The predicted octanol–water partition coefficient (Wildman–Crippen LogP) is 3.90. The van der Waals surface area contributed by atoms with Crippen molar-refractivity contribution in [1.29, 1.82) is 5.26 Å². The first-order valence-electron chi connectivity index (χ1n) is 12.8. The van der Waals surface area contributed by atoms with Gasteiger partial charge in [0, 0.05) is 31.6 Å². The fourth-order valence-corrected chi connectivity index (χ4v) is 6.04. The van der Waals surface area contributed by atoms with E-state index in [0.29, 0.717) is 5.56 Å². The first-order valence-corrected chi connectivity index (χ1v) is 14.3. The monoisotopic (exact) mass is 547 g/mol. The van der Waals surface area contributed by atoms with Gasteiger partial charge in [-0.05, 0) is 47.9 Å². The van der Waals surface area contributed by atoms with Crippen LogP contribution in [0, 0.1) is 17.2 Å². The molecule has 1 heterocycles. The second kappa shape index (κ2) is 12.1. The first kappa shape index (κ1) is 28.5. The third-order valence-corrected chi connectivity index (χ3v) is 9.02. The van der Waals surface area contributed by atoms with Gasteiger partial charge in [0.15, 0.2) is 0 Å². The summed E-state index contributed by atoms with van der Waals surface area (Å²) in [7, 11) is -2.42. The summed E-state index contributed by atoms with van der Waals surface area (Å²) in [6.07, 6.45) is -0.570. The molecule has 0 aliphatic carbocycles. The molecule has 3 atom stereocenters. The molecular weight excluding hydrogens is 514 g/mol. The van der Waals surface area contributed by atoms with Gasteiger partial charge >= 0.3 is 0 Å². The highest BCUT2D eigenvalue weighted by atomic mass is 32.2. The normalized spacial score (nSPS) is 19.0. The maximum atomic E-state index is 13.9. The van der Waals surface area contributed by atoms with Crippen molar-refractivity contribution in [2.75, 3.05) is 26.7 Å². The smallest absolute Gasteiger partial charge is 0.254 e. The van der Waals surface area contributed by atoms with Crippen LogP contribution in [0.15, 0.2) is 77.7 Å². The molecule has 39 heavy (non-hydrogen) atoms. The Labute approximate surface area is 230 Å². The van der Waals surface area contributed by atoms with Crippen LogP contribution in [0.3, 0.4) is 0 Å². The number of nitriles is 1. The third-order valence-electron chi connectivity index (χ3n) is 7.20. The molecule has 0 bridgehead atoms. The van der Waals surface area contributed by atoms with Gasteiger partial charge in [-0.1, -0.05) is 55.5 Å². The molecule has 1 aliphatic rings. The van der Waals surface area contributed by atoms with Crippen molar-refractivity contribution in [3.63, 3.8) is 0 Å². The first-order chi connectivity index (χ1) is 18.7. The summed E-state index contributed by atoms with van der Waals surface area (Å²) in [5.74, 6) is -0.479. The number of aliphatic hydroxyl groups is 1. The van der Waals surface area contributed by atoms with E-state index in [4.69, 9.17) is 4.74 Å². The zero-order valence-corrected chi connectivity index (χ0v) is 23.1. The molecule has 1 aliphatic heterocycles. The summed E-state index contributed by atoms with van der Waals surface area (Å²) in [6, 6.07) is 22.5. The minimum Gasteiger partial charge on any atom is -0.394 e. The van der Waals surface area contributed by atoms with Crippen LogP contribution >= 0.6 is 0 Å². The number of benzene rings is 3. The number of ether oxygens (including phenoxy) is 1. The number of aliphatic hydroxyl groups excluding tert-OH is 1. The van der Waals surface area contributed by atoms with Crippen molar-refractivity contribution in [1.82, 2.24) is 9.21 Å². The van der Waals surface area contributed by atoms with Gasteiger partial charge in [-0.25, -0.2) is 8.42 Å². The lowest BCUT2D eigenvalue weighted by Crippen LogP contribution is -2.47. The molecule has 0 radical (unpaired) electrons. The molecule has 8 nitrogen and oxygen atoms in total. The fraction of sp³-hybridized carbons (Fsp3) is 0.333. The Morgan fingerprint density at radius 1 is 1.08 bits per heavy atom. The summed E-state index contributed by atoms with van der Waals surface area (Å²) in [4.78, 5) is 15.6. The third kappa shape index (κ3) is 6.05. The van der Waals surface area contributed by atoms with Crippen molar-refractivity contribution in [2.45, 2.75) is 37.5 Å². The van der Waals surface area contributed by atoms with E-state index in [0.717, 1.165) is 16.7 Å². The van der Waals surface area contributed by atoms with Crippen LogP contribution in [-0.4, -0.2) is 67.5 Å². The van der Waals surface area contributed by atoms with Crippen molar-refractivity contribution < 1.29 is 23.1 Å². The van der Waals surface area contributed by atoms with Gasteiger partial charge in [0.05, 0.1) is 41.9 Å². The number of sulfonamides is 1. The summed E-state index contributed by atoms with van der Waals surface area (Å²) >= 11 is 0. The second-order valence-electron chi connectivity index (χ2n) is 9.94. The number of fused-ring (bicyclic) bond motifs is 3. The molecule has 0 saturated heterocycles. The summed E-state index contributed by atoms with van der Waals surface area (Å²) in [6.45, 7) is 4.00. The number of hydrogen-bond acceptors (Lipinski definition) is 6. The van der Waals surface area contributed by atoms with Crippen molar-refractivity contribution in [3.05, 3.63) is 89.5 Å². The van der Waals surface area contributed by atoms with E-state index >= 15 is 0 Å². The maximum absolute atomic E-state index is 13.9.